The summed E-state index contributed by atoms with van der Waals surface area (Å²) in [6, 6.07) is 0. The van der Waals surface area contributed by atoms with Gasteiger partial charge in [-0.1, -0.05) is 26.0 Å². The number of unbranched alkanes of at least 4 members (excludes halogenated alkanes) is 2. The van der Waals surface area contributed by atoms with E-state index in [0.29, 0.717) is 0 Å². The molecule has 1 aliphatic heterocycles. The fourth-order valence-electron chi connectivity index (χ4n) is 1.85. The van der Waals surface area contributed by atoms with E-state index in [1.165, 1.54) is 0 Å². The molecule has 1 rings (SSSR count). The second-order valence-corrected chi connectivity index (χ2v) is 4.18. The Bertz CT molecular complexity index is 294. The van der Waals surface area contributed by atoms with Crippen molar-refractivity contribution in [3.05, 3.63) is 24.0 Å². The molecule has 0 aromatic rings. The second-order valence-electron chi connectivity index (χ2n) is 4.18. The van der Waals surface area contributed by atoms with Crippen molar-refractivity contribution in [3.63, 3.8) is 0 Å². The maximum atomic E-state index is 11.6. The van der Waals surface area contributed by atoms with Gasteiger partial charge in [0.15, 0.2) is 5.78 Å². The monoisotopic (exact) mass is 222 g/mol. The molecule has 1 N–H and O–H groups in total. The minimum Gasteiger partial charge on any atom is -0.341 e. The summed E-state index contributed by atoms with van der Waals surface area (Å²) in [7, 11) is 0. The molecule has 1 heterocycles. The molecule has 1 aliphatic rings. The summed E-state index contributed by atoms with van der Waals surface area (Å²) in [5.74, 6) is 0.138. The number of ketones is 1. The van der Waals surface area contributed by atoms with Crippen LogP contribution >= 0.6 is 0 Å². The molecule has 0 radical (unpaired) electrons. The highest BCUT2D eigenvalue weighted by molar-refractivity contribution is 5.92. The van der Waals surface area contributed by atoms with Crippen LogP contribution < -0.4 is 5.32 Å². The van der Waals surface area contributed by atoms with Crippen LogP contribution in [-0.4, -0.2) is 30.3 Å². The molecular weight excluding hydrogens is 200 g/mol. The highest BCUT2D eigenvalue weighted by Gasteiger charge is 2.18. The van der Waals surface area contributed by atoms with Crippen molar-refractivity contribution in [2.24, 2.45) is 0 Å². The molecule has 1 saturated heterocycles. The van der Waals surface area contributed by atoms with E-state index >= 15 is 0 Å². The third-order valence-electron chi connectivity index (χ3n) is 2.77. The van der Waals surface area contributed by atoms with Gasteiger partial charge in [0, 0.05) is 32.3 Å². The molecule has 3 heteroatoms. The van der Waals surface area contributed by atoms with Gasteiger partial charge in [0.25, 0.3) is 0 Å². The zero-order valence-corrected chi connectivity index (χ0v) is 10.4. The molecule has 90 valence electrons. The lowest BCUT2D eigenvalue weighted by molar-refractivity contribution is -0.114. The van der Waals surface area contributed by atoms with Crippen molar-refractivity contribution in [2.45, 2.75) is 33.1 Å². The van der Waals surface area contributed by atoms with Gasteiger partial charge in [-0.3, -0.25) is 4.79 Å². The maximum Gasteiger partial charge on any atom is 0.175 e. The fourth-order valence-corrected chi connectivity index (χ4v) is 1.85. The third-order valence-corrected chi connectivity index (χ3v) is 2.77. The zero-order chi connectivity index (χ0) is 12.0. The van der Waals surface area contributed by atoms with Gasteiger partial charge in [0.1, 0.15) is 0 Å². The van der Waals surface area contributed by atoms with E-state index in [2.05, 4.69) is 29.8 Å². The number of piperazine rings is 1. The van der Waals surface area contributed by atoms with Gasteiger partial charge in [-0.05, 0) is 12.8 Å². The first-order chi connectivity index (χ1) is 7.66. The molecule has 0 aromatic carbocycles. The first kappa shape index (κ1) is 13.0. The van der Waals surface area contributed by atoms with Crippen LogP contribution in [0.1, 0.15) is 33.1 Å². The van der Waals surface area contributed by atoms with Gasteiger partial charge in [-0.2, -0.15) is 0 Å². The molecule has 0 unspecified atom stereocenters. The summed E-state index contributed by atoms with van der Waals surface area (Å²) >= 11 is 0. The summed E-state index contributed by atoms with van der Waals surface area (Å²) < 4.78 is 0. The van der Waals surface area contributed by atoms with Crippen LogP contribution in [0, 0.1) is 0 Å². The molecule has 0 saturated carbocycles. The van der Waals surface area contributed by atoms with E-state index in [1.807, 2.05) is 0 Å². The van der Waals surface area contributed by atoms with E-state index in [0.717, 1.165) is 50.3 Å². The lowest BCUT2D eigenvalue weighted by atomic mass is 10.1. The topological polar surface area (TPSA) is 32.3 Å². The molecule has 0 spiro atoms. The van der Waals surface area contributed by atoms with Crippen molar-refractivity contribution in [1.29, 1.82) is 0 Å². The van der Waals surface area contributed by atoms with Crippen molar-refractivity contribution >= 4 is 5.78 Å². The van der Waals surface area contributed by atoms with Gasteiger partial charge in [0.05, 0.1) is 5.70 Å². The summed E-state index contributed by atoms with van der Waals surface area (Å²) in [5.41, 5.74) is 1.81. The van der Waals surface area contributed by atoms with Crippen LogP contribution in [0.4, 0.5) is 0 Å². The largest absolute Gasteiger partial charge is 0.341 e. The molecule has 0 amide bonds. The number of rotatable bonds is 5. The van der Waals surface area contributed by atoms with Crippen LogP contribution in [-0.2, 0) is 4.79 Å². The summed E-state index contributed by atoms with van der Waals surface area (Å²) in [5, 5.41) is 3.25. The molecule has 0 bridgehead atoms. The predicted molar refractivity (Wildman–Crippen MR) is 67.0 cm³/mol. The van der Waals surface area contributed by atoms with Gasteiger partial charge >= 0.3 is 0 Å². The van der Waals surface area contributed by atoms with Crippen LogP contribution in [0.25, 0.3) is 0 Å². The SMILES string of the molecule is C=C1CNCCN1/C(=C\CCCC)C(C)=O. The Morgan fingerprint density at radius 1 is 1.62 bits per heavy atom. The van der Waals surface area contributed by atoms with Crippen LogP contribution in [0.2, 0.25) is 0 Å². The Labute approximate surface area is 98.2 Å². The number of nitrogens with zero attached hydrogens (tertiary/aromatic N) is 1. The number of allylic oxidation sites excluding steroid dienone is 2. The molecular formula is C13H22N2O. The quantitative estimate of drug-likeness (QED) is 0.571. The average Bonchev–Trinajstić information content (AvgIpc) is 2.25. The van der Waals surface area contributed by atoms with Gasteiger partial charge in [-0.25, -0.2) is 0 Å². The Hall–Kier alpha value is -1.09. The number of hydrogen-bond donors (Lipinski definition) is 1. The Morgan fingerprint density at radius 3 is 2.94 bits per heavy atom. The fraction of sp³-hybridized carbons (Fsp3) is 0.615. The van der Waals surface area contributed by atoms with Crippen molar-refractivity contribution < 1.29 is 4.79 Å². The number of nitrogens with one attached hydrogen (secondary N) is 1. The highest BCUT2D eigenvalue weighted by atomic mass is 16.1. The first-order valence-corrected chi connectivity index (χ1v) is 6.04. The normalized spacial score (nSPS) is 17.8. The lowest BCUT2D eigenvalue weighted by Gasteiger charge is -2.32. The standard InChI is InChI=1S/C13H22N2O/c1-4-5-6-7-13(12(3)16)15-9-8-14-10-11(15)2/h7,14H,2,4-6,8-10H2,1,3H3/b13-7-. The van der Waals surface area contributed by atoms with E-state index in [-0.39, 0.29) is 5.78 Å². The maximum absolute atomic E-state index is 11.6. The van der Waals surface area contributed by atoms with Gasteiger partial charge < -0.3 is 10.2 Å². The second kappa shape index (κ2) is 6.48. The van der Waals surface area contributed by atoms with E-state index in [4.69, 9.17) is 0 Å². The van der Waals surface area contributed by atoms with Crippen molar-refractivity contribution in [2.75, 3.05) is 19.6 Å². The highest BCUT2D eigenvalue weighted by Crippen LogP contribution is 2.15. The number of hydrogen-bond acceptors (Lipinski definition) is 3. The molecule has 0 aromatic heterocycles. The Morgan fingerprint density at radius 2 is 2.38 bits per heavy atom. The smallest absolute Gasteiger partial charge is 0.175 e. The summed E-state index contributed by atoms with van der Waals surface area (Å²) in [4.78, 5) is 13.7. The number of carbonyl (C=O) groups excluding carboxylic acids is 1. The van der Waals surface area contributed by atoms with E-state index in [1.54, 1.807) is 6.92 Å². The van der Waals surface area contributed by atoms with E-state index < -0.39 is 0 Å². The Kier molecular flexibility index (Phi) is 5.26. The van der Waals surface area contributed by atoms with E-state index in [9.17, 15) is 4.79 Å². The Balaban J connectivity index is 2.71. The number of Topliss-reactive ketones (excluding diaryl/α,β-unsaturated/α-hetero) is 1. The predicted octanol–water partition coefficient (Wildman–Crippen LogP) is 2.07. The molecule has 0 aliphatic carbocycles. The van der Waals surface area contributed by atoms with Gasteiger partial charge in [-0.15, -0.1) is 0 Å². The molecule has 3 nitrogen and oxygen atoms in total. The van der Waals surface area contributed by atoms with Gasteiger partial charge in [0.2, 0.25) is 0 Å². The summed E-state index contributed by atoms with van der Waals surface area (Å²) in [6.07, 6.45) is 5.32. The average molecular weight is 222 g/mol. The molecule has 1 fully saturated rings. The first-order valence-electron chi connectivity index (χ1n) is 6.04. The minimum atomic E-state index is 0.138. The molecule has 0 atom stereocenters. The lowest BCUT2D eigenvalue weighted by Crippen LogP contribution is -2.42. The van der Waals surface area contributed by atoms with Crippen molar-refractivity contribution in [1.82, 2.24) is 10.2 Å². The minimum absolute atomic E-state index is 0.138. The van der Waals surface area contributed by atoms with Crippen LogP contribution in [0.5, 0.6) is 0 Å². The molecule has 16 heavy (non-hydrogen) atoms. The summed E-state index contributed by atoms with van der Waals surface area (Å²) in [6.45, 7) is 10.3. The van der Waals surface area contributed by atoms with Crippen LogP contribution in [0.15, 0.2) is 24.0 Å². The van der Waals surface area contributed by atoms with Crippen molar-refractivity contribution in [3.8, 4) is 0 Å². The van der Waals surface area contributed by atoms with Crippen LogP contribution in [0.3, 0.4) is 0 Å². The number of carbonyl (C=O) groups is 1. The zero-order valence-electron chi connectivity index (χ0n) is 10.4. The third kappa shape index (κ3) is 3.49.